The van der Waals surface area contributed by atoms with Crippen LogP contribution < -0.4 is 5.23 Å². The first kappa shape index (κ1) is 19.5. The molecule has 0 bridgehead atoms. The van der Waals surface area contributed by atoms with E-state index in [2.05, 4.69) is 4.90 Å². The van der Waals surface area contributed by atoms with Gasteiger partial charge in [-0.15, -0.1) is 0 Å². The average Bonchev–Trinajstić information content (AvgIpc) is 2.69. The molecule has 0 spiro atoms. The van der Waals surface area contributed by atoms with E-state index in [1.54, 1.807) is 36.4 Å². The molecule has 0 saturated heterocycles. The zero-order valence-corrected chi connectivity index (χ0v) is 15.1. The van der Waals surface area contributed by atoms with E-state index < -0.39 is 4.92 Å². The second-order valence-corrected chi connectivity index (χ2v) is 6.49. The van der Waals surface area contributed by atoms with Gasteiger partial charge in [0.25, 0.3) is 5.69 Å². The highest BCUT2D eigenvalue weighted by molar-refractivity contribution is 5.45. The van der Waals surface area contributed by atoms with Crippen LogP contribution in [0, 0.1) is 15.3 Å². The standard InChI is InChI=1S/C21H20N3O4/c25-23(26)20-10-6-18(7-11-20)15-22(14-17-4-2-1-3-5-17)16-19-8-12-21(13-9-19)24(27)28/h1-13,25H,14-16H2/q-1. The highest BCUT2D eigenvalue weighted by Crippen LogP contribution is 2.19. The summed E-state index contributed by atoms with van der Waals surface area (Å²) in [6, 6.07) is 23.3. The van der Waals surface area contributed by atoms with Crippen molar-refractivity contribution in [3.05, 3.63) is 111 Å². The van der Waals surface area contributed by atoms with Gasteiger partial charge >= 0.3 is 0 Å². The Balaban J connectivity index is 1.77. The summed E-state index contributed by atoms with van der Waals surface area (Å²) < 4.78 is 0. The molecule has 0 radical (unpaired) electrons. The number of nitro groups is 1. The molecule has 0 atom stereocenters. The maximum atomic E-state index is 11.0. The van der Waals surface area contributed by atoms with Crippen molar-refractivity contribution in [2.24, 2.45) is 0 Å². The van der Waals surface area contributed by atoms with E-state index in [1.807, 2.05) is 30.3 Å². The van der Waals surface area contributed by atoms with E-state index >= 15 is 0 Å². The Hall–Kier alpha value is -3.26. The van der Waals surface area contributed by atoms with Gasteiger partial charge in [0.2, 0.25) is 0 Å². The molecule has 1 N–H and O–H groups in total. The van der Waals surface area contributed by atoms with Crippen molar-refractivity contribution in [2.45, 2.75) is 19.6 Å². The van der Waals surface area contributed by atoms with Crippen LogP contribution in [0.5, 0.6) is 0 Å². The van der Waals surface area contributed by atoms with Crippen molar-refractivity contribution in [3.63, 3.8) is 0 Å². The molecule has 0 fully saturated rings. The van der Waals surface area contributed by atoms with Crippen molar-refractivity contribution in [2.75, 3.05) is 5.23 Å². The van der Waals surface area contributed by atoms with Crippen LogP contribution in [0.25, 0.3) is 0 Å². The highest BCUT2D eigenvalue weighted by Gasteiger charge is 2.10. The molecule has 7 heteroatoms. The van der Waals surface area contributed by atoms with Crippen LogP contribution in [-0.4, -0.2) is 15.0 Å². The number of non-ortho nitro benzene ring substituents is 1. The summed E-state index contributed by atoms with van der Waals surface area (Å²) in [6.07, 6.45) is 0. The third-order valence-electron chi connectivity index (χ3n) is 4.37. The van der Waals surface area contributed by atoms with Gasteiger partial charge in [0, 0.05) is 31.8 Å². The Bertz CT molecular complexity index is 897. The van der Waals surface area contributed by atoms with Crippen molar-refractivity contribution in [1.82, 2.24) is 4.90 Å². The normalized spacial score (nSPS) is 10.8. The Labute approximate surface area is 162 Å². The maximum Gasteiger partial charge on any atom is 0.269 e. The van der Waals surface area contributed by atoms with Gasteiger partial charge in [-0.05, 0) is 28.8 Å². The summed E-state index contributed by atoms with van der Waals surface area (Å²) in [7, 11) is 0. The van der Waals surface area contributed by atoms with Gasteiger partial charge in [-0.3, -0.25) is 20.2 Å². The summed E-state index contributed by atoms with van der Waals surface area (Å²) in [5, 5.41) is 30.6. The van der Waals surface area contributed by atoms with Gasteiger partial charge < -0.3 is 10.4 Å². The van der Waals surface area contributed by atoms with E-state index in [0.717, 1.165) is 16.7 Å². The number of anilines is 1. The first-order valence-electron chi connectivity index (χ1n) is 8.76. The lowest BCUT2D eigenvalue weighted by atomic mass is 10.1. The molecule has 3 rings (SSSR count). The number of hydrogen-bond donors (Lipinski definition) is 1. The SMILES string of the molecule is O=[N+]([O-])c1ccc(CN(Cc2ccccc2)Cc2ccc(N([O-])O)cc2)cc1. The van der Waals surface area contributed by atoms with Gasteiger partial charge in [0.05, 0.1) is 10.6 Å². The topological polar surface area (TPSA) is 92.9 Å². The molecule has 0 amide bonds. The van der Waals surface area contributed by atoms with Gasteiger partial charge in [-0.1, -0.05) is 54.6 Å². The Morgan fingerprint density at radius 2 is 1.21 bits per heavy atom. The van der Waals surface area contributed by atoms with Gasteiger partial charge in [0.15, 0.2) is 0 Å². The monoisotopic (exact) mass is 378 g/mol. The van der Waals surface area contributed by atoms with Crippen molar-refractivity contribution < 1.29 is 10.1 Å². The average molecular weight is 378 g/mol. The molecule has 0 unspecified atom stereocenters. The number of rotatable bonds is 8. The molecule has 0 aliphatic carbocycles. The molecular weight excluding hydrogens is 358 g/mol. The predicted octanol–water partition coefficient (Wildman–Crippen LogP) is 4.49. The van der Waals surface area contributed by atoms with Crippen LogP contribution in [-0.2, 0) is 19.6 Å². The Kier molecular flexibility index (Phi) is 6.33. The Morgan fingerprint density at radius 3 is 1.68 bits per heavy atom. The summed E-state index contributed by atoms with van der Waals surface area (Å²) in [5.74, 6) is 0. The second kappa shape index (κ2) is 9.09. The smallest absolute Gasteiger partial charge is 0.269 e. The number of nitro benzene ring substituents is 1. The maximum absolute atomic E-state index is 11.0. The summed E-state index contributed by atoms with van der Waals surface area (Å²) in [6.45, 7) is 1.94. The minimum absolute atomic E-state index is 0.0696. The van der Waals surface area contributed by atoms with E-state index in [1.165, 1.54) is 12.1 Å². The molecular formula is C21H20N3O4-. The second-order valence-electron chi connectivity index (χ2n) is 6.49. The van der Waals surface area contributed by atoms with Crippen LogP contribution in [0.4, 0.5) is 11.4 Å². The Morgan fingerprint density at radius 1 is 0.750 bits per heavy atom. The van der Waals surface area contributed by atoms with Crippen molar-refractivity contribution in [3.8, 4) is 0 Å². The molecule has 3 aromatic rings. The summed E-state index contributed by atoms with van der Waals surface area (Å²) in [4.78, 5) is 12.6. The molecule has 0 aromatic heterocycles. The van der Waals surface area contributed by atoms with E-state index in [9.17, 15) is 15.3 Å². The fourth-order valence-electron chi connectivity index (χ4n) is 2.98. The largest absolute Gasteiger partial charge is 0.733 e. The van der Waals surface area contributed by atoms with Gasteiger partial charge in [-0.2, -0.15) is 0 Å². The molecule has 0 heterocycles. The first-order valence-corrected chi connectivity index (χ1v) is 8.76. The van der Waals surface area contributed by atoms with Crippen LogP contribution >= 0.6 is 0 Å². The zero-order chi connectivity index (χ0) is 19.9. The summed E-state index contributed by atoms with van der Waals surface area (Å²) in [5.41, 5.74) is 3.36. The number of nitrogens with zero attached hydrogens (tertiary/aromatic N) is 3. The van der Waals surface area contributed by atoms with Gasteiger partial charge in [0.1, 0.15) is 0 Å². The van der Waals surface area contributed by atoms with Gasteiger partial charge in [-0.25, -0.2) is 0 Å². The van der Waals surface area contributed by atoms with Crippen molar-refractivity contribution in [1.29, 1.82) is 0 Å². The minimum Gasteiger partial charge on any atom is -0.733 e. The molecule has 0 aliphatic heterocycles. The van der Waals surface area contributed by atoms with Crippen molar-refractivity contribution >= 4 is 11.4 Å². The third kappa shape index (κ3) is 5.37. The molecule has 3 aromatic carbocycles. The van der Waals surface area contributed by atoms with E-state index in [-0.39, 0.29) is 16.6 Å². The molecule has 0 saturated carbocycles. The predicted molar refractivity (Wildman–Crippen MR) is 107 cm³/mol. The summed E-state index contributed by atoms with van der Waals surface area (Å²) >= 11 is 0. The fraction of sp³-hybridized carbons (Fsp3) is 0.143. The molecule has 7 nitrogen and oxygen atoms in total. The quantitative estimate of drug-likeness (QED) is 0.458. The number of hydrogen-bond acceptors (Lipinski definition) is 6. The van der Waals surface area contributed by atoms with Crippen LogP contribution in [0.3, 0.4) is 0 Å². The lowest BCUT2D eigenvalue weighted by molar-refractivity contribution is -0.384. The van der Waals surface area contributed by atoms with E-state index in [4.69, 9.17) is 5.21 Å². The number of benzene rings is 3. The molecule has 28 heavy (non-hydrogen) atoms. The minimum atomic E-state index is -0.409. The van der Waals surface area contributed by atoms with E-state index in [0.29, 0.717) is 19.6 Å². The fourth-order valence-corrected chi connectivity index (χ4v) is 2.98. The zero-order valence-electron chi connectivity index (χ0n) is 15.1. The first-order chi connectivity index (χ1) is 13.5. The van der Waals surface area contributed by atoms with Crippen LogP contribution in [0.1, 0.15) is 16.7 Å². The molecule has 0 aliphatic rings. The van der Waals surface area contributed by atoms with Crippen LogP contribution in [0.15, 0.2) is 78.9 Å². The lowest BCUT2D eigenvalue weighted by Gasteiger charge is -2.24. The van der Waals surface area contributed by atoms with Crippen LogP contribution in [0.2, 0.25) is 0 Å². The third-order valence-corrected chi connectivity index (χ3v) is 4.37. The highest BCUT2D eigenvalue weighted by atomic mass is 16.8. The lowest BCUT2D eigenvalue weighted by Crippen LogP contribution is -2.22. The molecule has 144 valence electrons.